The van der Waals surface area contributed by atoms with Gasteiger partial charge in [-0.15, -0.1) is 11.3 Å². The number of pyridine rings is 2. The first-order valence-corrected chi connectivity index (χ1v) is 10.3. The number of carbonyl (C=O) groups is 1. The van der Waals surface area contributed by atoms with Gasteiger partial charge in [0, 0.05) is 36.1 Å². The second-order valence-corrected chi connectivity index (χ2v) is 7.97. The van der Waals surface area contributed by atoms with Crippen molar-refractivity contribution in [2.24, 2.45) is 0 Å². The Morgan fingerprint density at radius 2 is 2.07 bits per heavy atom. The summed E-state index contributed by atoms with van der Waals surface area (Å²) < 4.78 is 8.02. The number of imidazole rings is 1. The summed E-state index contributed by atoms with van der Waals surface area (Å²) >= 11 is 1.49. The summed E-state index contributed by atoms with van der Waals surface area (Å²) in [7, 11) is 0. The first-order chi connectivity index (χ1) is 14.2. The maximum absolute atomic E-state index is 12.8. The number of rotatable bonds is 3. The molecule has 1 fully saturated rings. The summed E-state index contributed by atoms with van der Waals surface area (Å²) in [5.41, 5.74) is 4.26. The van der Waals surface area contributed by atoms with E-state index in [9.17, 15) is 4.79 Å². The van der Waals surface area contributed by atoms with Crippen molar-refractivity contribution in [1.29, 1.82) is 0 Å². The molecule has 1 amide bonds. The summed E-state index contributed by atoms with van der Waals surface area (Å²) in [4.78, 5) is 27.8. The Labute approximate surface area is 171 Å². The number of aryl methyl sites for hydroxylation is 1. The minimum absolute atomic E-state index is 0.0520. The smallest absolute Gasteiger partial charge is 0.273 e. The molecule has 0 aromatic carbocycles. The van der Waals surface area contributed by atoms with Gasteiger partial charge >= 0.3 is 0 Å². The summed E-state index contributed by atoms with van der Waals surface area (Å²) in [6.07, 6.45) is 5.29. The molecule has 0 N–H and O–H groups in total. The van der Waals surface area contributed by atoms with Gasteiger partial charge in [0.1, 0.15) is 17.4 Å². The van der Waals surface area contributed by atoms with Crippen LogP contribution >= 0.6 is 11.3 Å². The third kappa shape index (κ3) is 3.41. The SMILES string of the molecule is Cc1nc(C(=O)N2CCOC(c3cn4c(-c5ccncc5)cccc4n3)C2)cs1. The number of aromatic nitrogens is 4. The van der Waals surface area contributed by atoms with E-state index in [1.165, 1.54) is 11.3 Å². The van der Waals surface area contributed by atoms with Crippen molar-refractivity contribution >= 4 is 22.9 Å². The lowest BCUT2D eigenvalue weighted by molar-refractivity contribution is -0.0246. The predicted octanol–water partition coefficient (Wildman–Crippen LogP) is 3.37. The zero-order chi connectivity index (χ0) is 19.8. The number of morpholine rings is 1. The van der Waals surface area contributed by atoms with Crippen molar-refractivity contribution in [3.05, 3.63) is 70.7 Å². The third-order valence-corrected chi connectivity index (χ3v) is 5.78. The number of hydrogen-bond acceptors (Lipinski definition) is 6. The van der Waals surface area contributed by atoms with Crippen molar-refractivity contribution in [1.82, 2.24) is 24.3 Å². The monoisotopic (exact) mass is 405 g/mol. The molecule has 0 bridgehead atoms. The maximum atomic E-state index is 12.8. The van der Waals surface area contributed by atoms with E-state index in [1.807, 2.05) is 42.8 Å². The molecule has 4 aromatic rings. The van der Waals surface area contributed by atoms with Crippen molar-refractivity contribution in [3.8, 4) is 11.3 Å². The van der Waals surface area contributed by atoms with E-state index in [0.717, 1.165) is 27.6 Å². The average molecular weight is 405 g/mol. The summed E-state index contributed by atoms with van der Waals surface area (Å²) in [5, 5.41) is 2.70. The van der Waals surface area contributed by atoms with Crippen LogP contribution in [-0.4, -0.2) is 49.9 Å². The maximum Gasteiger partial charge on any atom is 0.273 e. The van der Waals surface area contributed by atoms with Gasteiger partial charge in [-0.1, -0.05) is 6.07 Å². The van der Waals surface area contributed by atoms with Crippen LogP contribution in [0.1, 0.15) is 27.3 Å². The molecule has 4 aromatic heterocycles. The first kappa shape index (κ1) is 18.0. The van der Waals surface area contributed by atoms with Gasteiger partial charge < -0.3 is 9.64 Å². The molecular formula is C21H19N5O2S. The van der Waals surface area contributed by atoms with Crippen LogP contribution in [0, 0.1) is 6.92 Å². The number of nitrogens with zero attached hydrogens (tertiary/aromatic N) is 5. The van der Waals surface area contributed by atoms with Gasteiger partial charge in [-0.25, -0.2) is 9.97 Å². The molecule has 8 heteroatoms. The molecule has 0 aliphatic carbocycles. The van der Waals surface area contributed by atoms with Crippen molar-refractivity contribution in [2.45, 2.75) is 13.0 Å². The number of amides is 1. The fourth-order valence-corrected chi connectivity index (χ4v) is 4.17. The molecule has 5 rings (SSSR count). The van der Waals surface area contributed by atoms with Crippen LogP contribution in [0.15, 0.2) is 54.3 Å². The van der Waals surface area contributed by atoms with Gasteiger partial charge in [0.25, 0.3) is 5.91 Å². The second-order valence-electron chi connectivity index (χ2n) is 6.90. The molecular weight excluding hydrogens is 386 g/mol. The Morgan fingerprint density at radius 1 is 1.21 bits per heavy atom. The van der Waals surface area contributed by atoms with Gasteiger partial charge in [0.2, 0.25) is 0 Å². The van der Waals surface area contributed by atoms with E-state index in [2.05, 4.69) is 20.4 Å². The molecule has 146 valence electrons. The van der Waals surface area contributed by atoms with Crippen LogP contribution in [0.25, 0.3) is 16.9 Å². The zero-order valence-electron chi connectivity index (χ0n) is 15.9. The fourth-order valence-electron chi connectivity index (χ4n) is 3.58. The van der Waals surface area contributed by atoms with Gasteiger partial charge in [-0.3, -0.25) is 14.2 Å². The zero-order valence-corrected chi connectivity index (χ0v) is 16.7. The highest BCUT2D eigenvalue weighted by atomic mass is 32.1. The number of carbonyl (C=O) groups excluding carboxylic acids is 1. The molecule has 1 unspecified atom stereocenters. The van der Waals surface area contributed by atoms with E-state index in [0.29, 0.717) is 25.4 Å². The van der Waals surface area contributed by atoms with Crippen LogP contribution in [-0.2, 0) is 4.74 Å². The second kappa shape index (κ2) is 7.38. The Balaban J connectivity index is 1.44. The molecule has 1 aliphatic rings. The highest BCUT2D eigenvalue weighted by Gasteiger charge is 2.29. The summed E-state index contributed by atoms with van der Waals surface area (Å²) in [6, 6.07) is 9.96. The highest BCUT2D eigenvalue weighted by Crippen LogP contribution is 2.26. The van der Waals surface area contributed by atoms with E-state index in [1.54, 1.807) is 17.3 Å². The molecule has 7 nitrogen and oxygen atoms in total. The van der Waals surface area contributed by atoms with E-state index in [-0.39, 0.29) is 12.0 Å². The molecule has 0 saturated carbocycles. The predicted molar refractivity (Wildman–Crippen MR) is 110 cm³/mol. The lowest BCUT2D eigenvalue weighted by Crippen LogP contribution is -2.42. The van der Waals surface area contributed by atoms with Crippen LogP contribution in [0.4, 0.5) is 0 Å². The Hall–Kier alpha value is -3.10. The van der Waals surface area contributed by atoms with E-state index in [4.69, 9.17) is 9.72 Å². The van der Waals surface area contributed by atoms with Gasteiger partial charge in [-0.2, -0.15) is 0 Å². The van der Waals surface area contributed by atoms with Crippen LogP contribution in [0.5, 0.6) is 0 Å². The minimum atomic E-state index is -0.266. The van der Waals surface area contributed by atoms with E-state index >= 15 is 0 Å². The molecule has 29 heavy (non-hydrogen) atoms. The third-order valence-electron chi connectivity index (χ3n) is 5.01. The van der Waals surface area contributed by atoms with E-state index < -0.39 is 0 Å². The normalized spacial score (nSPS) is 17.0. The summed E-state index contributed by atoms with van der Waals surface area (Å²) in [5.74, 6) is -0.0520. The quantitative estimate of drug-likeness (QED) is 0.523. The molecule has 1 aliphatic heterocycles. The fraction of sp³-hybridized carbons (Fsp3) is 0.238. The van der Waals surface area contributed by atoms with Crippen LogP contribution < -0.4 is 0 Å². The van der Waals surface area contributed by atoms with Crippen LogP contribution in [0.3, 0.4) is 0 Å². The number of ether oxygens (including phenoxy) is 1. The molecule has 5 heterocycles. The first-order valence-electron chi connectivity index (χ1n) is 9.40. The Bertz CT molecular complexity index is 1170. The van der Waals surface area contributed by atoms with Gasteiger partial charge in [0.05, 0.1) is 29.5 Å². The minimum Gasteiger partial charge on any atom is -0.368 e. The van der Waals surface area contributed by atoms with Crippen LogP contribution in [0.2, 0.25) is 0 Å². The summed E-state index contributed by atoms with van der Waals surface area (Å²) in [6.45, 7) is 3.40. The molecule has 0 spiro atoms. The Kier molecular flexibility index (Phi) is 4.57. The van der Waals surface area contributed by atoms with Crippen molar-refractivity contribution in [2.75, 3.05) is 19.7 Å². The van der Waals surface area contributed by atoms with Gasteiger partial charge in [0.15, 0.2) is 0 Å². The molecule has 1 saturated heterocycles. The number of hydrogen-bond donors (Lipinski definition) is 0. The lowest BCUT2D eigenvalue weighted by Gasteiger charge is -2.31. The van der Waals surface area contributed by atoms with Crippen molar-refractivity contribution in [3.63, 3.8) is 0 Å². The standard InChI is InChI=1S/C21H19N5O2S/c1-14-23-17(13-29-14)21(27)25-9-10-28-19(12-25)16-11-26-18(3-2-4-20(26)24-16)15-5-7-22-8-6-15/h2-8,11,13,19H,9-10,12H2,1H3. The average Bonchev–Trinajstić information content (AvgIpc) is 3.40. The molecule has 1 atom stereocenters. The number of thiazole rings is 1. The largest absolute Gasteiger partial charge is 0.368 e. The lowest BCUT2D eigenvalue weighted by atomic mass is 10.2. The molecule has 0 radical (unpaired) electrons. The Morgan fingerprint density at radius 3 is 2.86 bits per heavy atom. The number of fused-ring (bicyclic) bond motifs is 1. The highest BCUT2D eigenvalue weighted by molar-refractivity contribution is 7.09. The van der Waals surface area contributed by atoms with Gasteiger partial charge in [-0.05, 0) is 31.2 Å². The van der Waals surface area contributed by atoms with Crippen molar-refractivity contribution < 1.29 is 9.53 Å². The topological polar surface area (TPSA) is 72.6 Å².